The van der Waals surface area contributed by atoms with Gasteiger partial charge in [-0.2, -0.15) is 12.8 Å². The van der Waals surface area contributed by atoms with Gasteiger partial charge in [-0.3, -0.25) is 4.79 Å². The van der Waals surface area contributed by atoms with Gasteiger partial charge in [0.15, 0.2) is 0 Å². The van der Waals surface area contributed by atoms with E-state index < -0.39 is 10.0 Å². The first-order valence-electron chi connectivity index (χ1n) is 6.77. The third-order valence-electron chi connectivity index (χ3n) is 3.26. The van der Waals surface area contributed by atoms with Gasteiger partial charge in [-0.05, 0) is 31.1 Å². The van der Waals surface area contributed by atoms with Crippen molar-refractivity contribution in [2.45, 2.75) is 25.7 Å². The highest BCUT2D eigenvalue weighted by atomic mass is 35.5. The minimum absolute atomic E-state index is 0.0389. The molecule has 1 aromatic rings. The third kappa shape index (κ3) is 3.20. The number of halogens is 1. The molecule has 0 radical (unpaired) electrons. The predicted octanol–water partition coefficient (Wildman–Crippen LogP) is 3.49. The summed E-state index contributed by atoms with van der Waals surface area (Å²) >= 11 is 6.11. The number of rotatable bonds is 3. The molecule has 1 aliphatic carbocycles. The monoisotopic (exact) mass is 337 g/mol. The Labute approximate surface area is 135 Å². The fraction of sp³-hybridized carbons (Fsp3) is 0.250. The van der Waals surface area contributed by atoms with E-state index in [1.807, 2.05) is 13.8 Å². The number of sulfonamides is 1. The molecule has 22 heavy (non-hydrogen) atoms. The number of carbonyl (C=O) groups is 1. The Kier molecular flexibility index (Phi) is 4.68. The molecule has 0 N–H and O–H groups in total. The van der Waals surface area contributed by atoms with E-state index in [-0.39, 0.29) is 27.3 Å². The van der Waals surface area contributed by atoms with Gasteiger partial charge in [0, 0.05) is 11.1 Å². The van der Waals surface area contributed by atoms with E-state index in [4.69, 9.17) is 11.6 Å². The van der Waals surface area contributed by atoms with Crippen molar-refractivity contribution < 1.29 is 13.2 Å². The summed E-state index contributed by atoms with van der Waals surface area (Å²) in [6, 6.07) is 7.94. The molecule has 0 saturated carbocycles. The number of hydrogen-bond donors (Lipinski definition) is 0. The molecule has 0 aromatic heterocycles. The van der Waals surface area contributed by atoms with Gasteiger partial charge in [-0.15, -0.1) is 0 Å². The number of allylic oxidation sites excluding steroid dienone is 4. The van der Waals surface area contributed by atoms with E-state index in [1.54, 1.807) is 25.1 Å². The van der Waals surface area contributed by atoms with Crippen LogP contribution >= 0.6 is 11.6 Å². The molecular weight excluding hydrogens is 322 g/mol. The zero-order chi connectivity index (χ0) is 16.5. The summed E-state index contributed by atoms with van der Waals surface area (Å²) in [4.78, 5) is 12.1. The molecule has 0 atom stereocenters. The molecule has 116 valence electrons. The van der Waals surface area contributed by atoms with Crippen LogP contribution in [0.15, 0.2) is 61.9 Å². The molecule has 0 spiro atoms. The van der Waals surface area contributed by atoms with Crippen LogP contribution in [0.4, 0.5) is 0 Å². The van der Waals surface area contributed by atoms with Gasteiger partial charge in [-0.1, -0.05) is 43.6 Å². The molecule has 0 fully saturated rings. The Hall–Kier alpha value is -1.72. The van der Waals surface area contributed by atoms with Crippen LogP contribution in [0.3, 0.4) is 0 Å². The first kappa shape index (κ1) is 16.6. The van der Waals surface area contributed by atoms with Crippen molar-refractivity contribution in [3.8, 4) is 0 Å². The average Bonchev–Trinajstić information content (AvgIpc) is 2.45. The lowest BCUT2D eigenvalue weighted by Crippen LogP contribution is -2.20. The Bertz CT molecular complexity index is 803. The number of hydrogen-bond acceptors (Lipinski definition) is 3. The Balaban J connectivity index is 2.61. The Morgan fingerprint density at radius 3 is 2.27 bits per heavy atom. The second kappa shape index (κ2) is 6.18. The Morgan fingerprint density at radius 1 is 1.14 bits per heavy atom. The summed E-state index contributed by atoms with van der Waals surface area (Å²) in [6.45, 7) is 5.26. The maximum atomic E-state index is 12.4. The average molecular weight is 338 g/mol. The van der Waals surface area contributed by atoms with Gasteiger partial charge in [0.05, 0.1) is 15.6 Å². The van der Waals surface area contributed by atoms with Gasteiger partial charge in [0.25, 0.3) is 10.0 Å². The van der Waals surface area contributed by atoms with Crippen LogP contribution < -0.4 is 0 Å². The third-order valence-corrected chi connectivity index (χ3v) is 4.94. The lowest BCUT2D eigenvalue weighted by molar-refractivity contribution is -0.111. The first-order chi connectivity index (χ1) is 10.2. The molecule has 6 heteroatoms. The van der Waals surface area contributed by atoms with Gasteiger partial charge in [0.2, 0.25) is 5.78 Å². The standard InChI is InChI=1S/C16H16ClNO3S/c1-10(2)14-13(9-11(3)16(19)15(14)17)18-22(20,21)12-7-5-4-6-8-12/h4-10H,1-3H3/b18-13+. The number of ketones is 1. The summed E-state index contributed by atoms with van der Waals surface area (Å²) in [5, 5.41) is 0.0389. The fourth-order valence-electron chi connectivity index (χ4n) is 2.16. The van der Waals surface area contributed by atoms with Gasteiger partial charge < -0.3 is 0 Å². The quantitative estimate of drug-likeness (QED) is 0.793. The molecule has 2 rings (SSSR count). The van der Waals surface area contributed by atoms with Crippen molar-refractivity contribution in [2.24, 2.45) is 10.3 Å². The van der Waals surface area contributed by atoms with Gasteiger partial charge in [0.1, 0.15) is 0 Å². The SMILES string of the molecule is CC1=C/C(=N\S(=O)(=O)c2ccccc2)C(C(C)C)=C(Cl)C1=O. The molecule has 0 unspecified atom stereocenters. The number of Topliss-reactive ketones (excluding diaryl/α,β-unsaturated/α-hetero) is 1. The highest BCUT2D eigenvalue weighted by molar-refractivity contribution is 7.90. The smallest absolute Gasteiger partial charge is 0.282 e. The van der Waals surface area contributed by atoms with Crippen LogP contribution in [0.2, 0.25) is 0 Å². The second-order valence-corrected chi connectivity index (χ2v) is 7.29. The topological polar surface area (TPSA) is 63.6 Å². The van der Waals surface area contributed by atoms with Crippen LogP contribution in [-0.2, 0) is 14.8 Å². The van der Waals surface area contributed by atoms with Crippen molar-refractivity contribution in [3.63, 3.8) is 0 Å². The molecule has 0 heterocycles. The van der Waals surface area contributed by atoms with Crippen LogP contribution in [0, 0.1) is 5.92 Å². The second-order valence-electron chi connectivity index (χ2n) is 5.30. The van der Waals surface area contributed by atoms with E-state index >= 15 is 0 Å². The van der Waals surface area contributed by atoms with Crippen molar-refractivity contribution >= 4 is 33.1 Å². The maximum Gasteiger partial charge on any atom is 0.282 e. The summed E-state index contributed by atoms with van der Waals surface area (Å²) in [5.41, 5.74) is 1.05. The molecule has 0 saturated heterocycles. The first-order valence-corrected chi connectivity index (χ1v) is 8.59. The van der Waals surface area contributed by atoms with E-state index in [0.29, 0.717) is 11.1 Å². The van der Waals surface area contributed by atoms with Crippen molar-refractivity contribution in [1.29, 1.82) is 0 Å². The summed E-state index contributed by atoms with van der Waals surface area (Å²) < 4.78 is 28.7. The van der Waals surface area contributed by atoms with Crippen molar-refractivity contribution in [2.75, 3.05) is 0 Å². The van der Waals surface area contributed by atoms with Gasteiger partial charge in [-0.25, -0.2) is 0 Å². The minimum atomic E-state index is -3.85. The normalized spacial score (nSPS) is 18.1. The van der Waals surface area contributed by atoms with Crippen molar-refractivity contribution in [3.05, 3.63) is 52.6 Å². The lowest BCUT2D eigenvalue weighted by Gasteiger charge is -2.19. The van der Waals surface area contributed by atoms with E-state index in [9.17, 15) is 13.2 Å². The molecule has 0 aliphatic heterocycles. The zero-order valence-corrected chi connectivity index (χ0v) is 14.1. The highest BCUT2D eigenvalue weighted by Gasteiger charge is 2.27. The minimum Gasteiger partial charge on any atom is -0.288 e. The zero-order valence-electron chi connectivity index (χ0n) is 12.5. The van der Waals surface area contributed by atoms with Gasteiger partial charge >= 0.3 is 0 Å². The number of benzene rings is 1. The largest absolute Gasteiger partial charge is 0.288 e. The fourth-order valence-corrected chi connectivity index (χ4v) is 3.64. The van der Waals surface area contributed by atoms with Crippen LogP contribution in [0.25, 0.3) is 0 Å². The highest BCUT2D eigenvalue weighted by Crippen LogP contribution is 2.29. The number of carbonyl (C=O) groups excluding carboxylic acids is 1. The summed E-state index contributed by atoms with van der Waals surface area (Å²) in [7, 11) is -3.85. The van der Waals surface area contributed by atoms with E-state index in [2.05, 4.69) is 4.40 Å². The predicted molar refractivity (Wildman–Crippen MR) is 87.5 cm³/mol. The molecule has 1 aromatic carbocycles. The summed E-state index contributed by atoms with van der Waals surface area (Å²) in [5.74, 6) is -0.410. The van der Waals surface area contributed by atoms with Crippen LogP contribution in [0.5, 0.6) is 0 Å². The molecule has 4 nitrogen and oxygen atoms in total. The molecule has 0 amide bonds. The van der Waals surface area contributed by atoms with Crippen LogP contribution in [0.1, 0.15) is 20.8 Å². The lowest BCUT2D eigenvalue weighted by atomic mass is 9.90. The van der Waals surface area contributed by atoms with E-state index in [0.717, 1.165) is 0 Å². The Morgan fingerprint density at radius 2 is 1.73 bits per heavy atom. The van der Waals surface area contributed by atoms with Crippen LogP contribution in [-0.4, -0.2) is 19.9 Å². The van der Waals surface area contributed by atoms with Crippen molar-refractivity contribution in [1.82, 2.24) is 0 Å². The molecule has 0 bridgehead atoms. The summed E-state index contributed by atoms with van der Waals surface area (Å²) in [6.07, 6.45) is 1.48. The number of nitrogens with zero attached hydrogens (tertiary/aromatic N) is 1. The van der Waals surface area contributed by atoms with E-state index in [1.165, 1.54) is 18.2 Å². The molecule has 1 aliphatic rings. The molecular formula is C16H16ClNO3S. The maximum absolute atomic E-state index is 12.4.